The van der Waals surface area contributed by atoms with E-state index in [1.807, 2.05) is 34.6 Å². The maximum atomic E-state index is 11.5. The molecule has 0 radical (unpaired) electrons. The lowest BCUT2D eigenvalue weighted by Crippen LogP contribution is -2.47. The Kier molecular flexibility index (Phi) is 27.0. The van der Waals surface area contributed by atoms with Crippen LogP contribution in [-0.2, 0) is 38.0 Å². The molecule has 0 saturated carbocycles. The number of morpholine rings is 2. The van der Waals surface area contributed by atoms with Gasteiger partial charge in [-0.2, -0.15) is 8.42 Å². The molecule has 0 aromatic carbocycles. The highest BCUT2D eigenvalue weighted by Crippen LogP contribution is 2.09. The zero-order valence-corrected chi connectivity index (χ0v) is 36.9. The SMILES string of the molecule is CC(CN1CCOCC1)NC(=O)OC(C)(C)C.CC(CO)NC(=O)OC(C)(C)C.CC(COS(C)(=O)=O)NC(=O)OC(C)(C)C.C[C@@H](N)CN1CCOCC1. The molecule has 0 bridgehead atoms. The molecule has 2 heterocycles. The minimum Gasteiger partial charge on any atom is -0.444 e. The van der Waals surface area contributed by atoms with Crippen molar-refractivity contribution >= 4 is 28.4 Å². The van der Waals surface area contributed by atoms with E-state index in [0.717, 1.165) is 72.0 Å². The van der Waals surface area contributed by atoms with Crippen LogP contribution >= 0.6 is 0 Å². The Morgan fingerprint density at radius 1 is 0.655 bits per heavy atom. The molecule has 2 saturated heterocycles. The smallest absolute Gasteiger partial charge is 0.407 e. The fourth-order valence-corrected chi connectivity index (χ4v) is 4.70. The lowest BCUT2D eigenvalue weighted by Gasteiger charge is -2.29. The van der Waals surface area contributed by atoms with Gasteiger partial charge in [0, 0.05) is 51.4 Å². The number of hydrogen-bond acceptors (Lipinski definition) is 15. The van der Waals surface area contributed by atoms with Crippen molar-refractivity contribution in [3.8, 4) is 0 Å². The molecule has 2 aliphatic rings. The van der Waals surface area contributed by atoms with E-state index < -0.39 is 45.1 Å². The molecule has 0 spiro atoms. The van der Waals surface area contributed by atoms with Crippen molar-refractivity contribution in [2.75, 3.05) is 85.2 Å². The van der Waals surface area contributed by atoms with Crippen LogP contribution in [0.1, 0.15) is 90.0 Å². The normalized spacial score (nSPS) is 17.7. The van der Waals surface area contributed by atoms with Crippen LogP contribution in [0.25, 0.3) is 0 Å². The summed E-state index contributed by atoms with van der Waals surface area (Å²) in [6.07, 6.45) is -0.493. The van der Waals surface area contributed by atoms with Crippen molar-refractivity contribution in [2.24, 2.45) is 5.73 Å². The largest absolute Gasteiger partial charge is 0.444 e. The van der Waals surface area contributed by atoms with E-state index in [-0.39, 0.29) is 37.4 Å². The number of carbonyl (C=O) groups excluding carboxylic acids is 3. The predicted molar refractivity (Wildman–Crippen MR) is 213 cm³/mol. The van der Waals surface area contributed by atoms with E-state index in [2.05, 4.69) is 29.9 Å². The Morgan fingerprint density at radius 3 is 1.29 bits per heavy atom. The van der Waals surface area contributed by atoms with Gasteiger partial charge in [-0.1, -0.05) is 0 Å². The zero-order chi connectivity index (χ0) is 43.0. The Labute approximate surface area is 331 Å². The number of ether oxygens (including phenoxy) is 5. The van der Waals surface area contributed by atoms with Gasteiger partial charge in [0.15, 0.2) is 0 Å². The van der Waals surface area contributed by atoms with E-state index in [0.29, 0.717) is 0 Å². The van der Waals surface area contributed by atoms with Gasteiger partial charge in [0.05, 0.1) is 58.0 Å². The summed E-state index contributed by atoms with van der Waals surface area (Å²) in [5.74, 6) is 0. The topological polar surface area (TPSA) is 230 Å². The number of hydrogen-bond donors (Lipinski definition) is 5. The van der Waals surface area contributed by atoms with Crippen LogP contribution in [-0.4, -0.2) is 168 Å². The summed E-state index contributed by atoms with van der Waals surface area (Å²) in [7, 11) is -3.48. The quantitative estimate of drug-likeness (QED) is 0.149. The van der Waals surface area contributed by atoms with Crippen LogP contribution in [0.2, 0.25) is 0 Å². The molecule has 18 nitrogen and oxygen atoms in total. The van der Waals surface area contributed by atoms with Gasteiger partial charge in [0.2, 0.25) is 0 Å². The minimum atomic E-state index is -3.48. The van der Waals surface area contributed by atoms with Gasteiger partial charge in [0.1, 0.15) is 16.8 Å². The van der Waals surface area contributed by atoms with Crippen molar-refractivity contribution in [1.82, 2.24) is 25.8 Å². The van der Waals surface area contributed by atoms with Crippen LogP contribution in [0.3, 0.4) is 0 Å². The summed E-state index contributed by atoms with van der Waals surface area (Å²) in [6.45, 7) is 32.4. The molecule has 2 aliphatic heterocycles. The zero-order valence-electron chi connectivity index (χ0n) is 36.1. The number of carbonyl (C=O) groups is 3. The molecule has 3 unspecified atom stereocenters. The second-order valence-corrected chi connectivity index (χ2v) is 18.3. The Hall–Kier alpha value is -2.52. The Balaban J connectivity index is 0. The van der Waals surface area contributed by atoms with Gasteiger partial charge in [0.25, 0.3) is 10.1 Å². The molecule has 3 amide bonds. The van der Waals surface area contributed by atoms with Crippen molar-refractivity contribution in [1.29, 1.82) is 0 Å². The predicted octanol–water partition coefficient (Wildman–Crippen LogP) is 2.67. The van der Waals surface area contributed by atoms with E-state index in [1.165, 1.54) is 0 Å². The number of aliphatic hydroxyl groups excluding tert-OH is 1. The number of nitrogens with two attached hydrogens (primary N) is 1. The molecule has 0 aliphatic carbocycles. The summed E-state index contributed by atoms with van der Waals surface area (Å²) in [4.78, 5) is 38.4. The van der Waals surface area contributed by atoms with Gasteiger partial charge < -0.3 is 50.5 Å². The lowest BCUT2D eigenvalue weighted by atomic mass is 10.2. The number of nitrogens with zero attached hydrogens (tertiary/aromatic N) is 2. The second-order valence-electron chi connectivity index (χ2n) is 16.6. The molecule has 0 aromatic rings. The number of amides is 3. The van der Waals surface area contributed by atoms with Gasteiger partial charge in [-0.25, -0.2) is 14.4 Å². The Morgan fingerprint density at radius 2 is 0.982 bits per heavy atom. The lowest BCUT2D eigenvalue weighted by molar-refractivity contribution is 0.0301. The summed E-state index contributed by atoms with van der Waals surface area (Å²) >= 11 is 0. The van der Waals surface area contributed by atoms with E-state index in [9.17, 15) is 22.8 Å². The van der Waals surface area contributed by atoms with Crippen LogP contribution in [0.5, 0.6) is 0 Å². The standard InChI is InChI=1S/C12H24N2O3.C9H19NO5S.C8H17NO3.C7H16N2O/c1-10(9-14-5-7-16-8-6-14)13-11(15)17-12(2,3)4;1-7(6-14-16(5,12)13)10-8(11)15-9(2,3)4;1-6(5-10)9-7(11)12-8(2,3)4;1-7(8)6-9-2-4-10-5-3-9/h10H,5-9H2,1-4H3,(H,13,15);7H,6H2,1-5H3,(H,10,11);6,10H,5H2,1-4H3,(H,9,11);7H,2-6,8H2,1H3/t;;;7-/m...1/s1. The number of nitrogens with one attached hydrogen (secondary N) is 3. The molecular formula is C36H76N6O12S. The van der Waals surface area contributed by atoms with Gasteiger partial charge in [-0.3, -0.25) is 14.0 Å². The first-order valence-electron chi connectivity index (χ1n) is 18.8. The monoisotopic (exact) mass is 817 g/mol. The summed E-state index contributed by atoms with van der Waals surface area (Å²) in [5, 5.41) is 16.4. The maximum absolute atomic E-state index is 11.5. The average molecular weight is 817 g/mol. The summed E-state index contributed by atoms with van der Waals surface area (Å²) < 4.78 is 51.5. The highest BCUT2D eigenvalue weighted by atomic mass is 32.2. The van der Waals surface area contributed by atoms with E-state index >= 15 is 0 Å². The number of aliphatic hydroxyl groups is 1. The molecule has 19 heteroatoms. The molecule has 328 valence electrons. The fourth-order valence-electron chi connectivity index (χ4n) is 4.25. The van der Waals surface area contributed by atoms with Gasteiger partial charge in [-0.05, 0) is 90.0 Å². The van der Waals surface area contributed by atoms with Crippen molar-refractivity contribution in [3.63, 3.8) is 0 Å². The molecule has 4 atom stereocenters. The van der Waals surface area contributed by atoms with Gasteiger partial charge >= 0.3 is 18.3 Å². The number of alkyl carbamates (subject to hydrolysis) is 3. The molecule has 0 aromatic heterocycles. The molecule has 55 heavy (non-hydrogen) atoms. The third-order valence-corrected chi connectivity index (χ3v) is 6.95. The van der Waals surface area contributed by atoms with Crippen molar-refractivity contribution in [2.45, 2.75) is 131 Å². The maximum Gasteiger partial charge on any atom is 0.407 e. The first-order valence-corrected chi connectivity index (χ1v) is 20.6. The van der Waals surface area contributed by atoms with E-state index in [1.54, 1.807) is 55.4 Å². The highest BCUT2D eigenvalue weighted by molar-refractivity contribution is 7.85. The molecule has 2 fully saturated rings. The third-order valence-electron chi connectivity index (χ3n) is 6.38. The van der Waals surface area contributed by atoms with Crippen molar-refractivity contribution in [3.05, 3.63) is 0 Å². The van der Waals surface area contributed by atoms with Crippen LogP contribution < -0.4 is 21.7 Å². The summed E-state index contributed by atoms with van der Waals surface area (Å²) in [6, 6.07) is -0.328. The average Bonchev–Trinajstić information content (AvgIpc) is 2.98. The third kappa shape index (κ3) is 39.5. The van der Waals surface area contributed by atoms with Gasteiger partial charge in [-0.15, -0.1) is 0 Å². The summed E-state index contributed by atoms with van der Waals surface area (Å²) in [5.41, 5.74) is 4.13. The number of rotatable bonds is 11. The van der Waals surface area contributed by atoms with Crippen molar-refractivity contribution < 1.29 is 55.8 Å². The molecule has 2 rings (SSSR count). The minimum absolute atomic E-state index is 0.0841. The first-order chi connectivity index (χ1) is 25.0. The van der Waals surface area contributed by atoms with E-state index in [4.69, 9.17) is 34.5 Å². The highest BCUT2D eigenvalue weighted by Gasteiger charge is 2.21. The molecule has 6 N–H and O–H groups in total. The molecular weight excluding hydrogens is 740 g/mol. The Bertz CT molecular complexity index is 1160. The fraction of sp³-hybridized carbons (Fsp3) is 0.917. The van der Waals surface area contributed by atoms with Crippen LogP contribution in [0.4, 0.5) is 14.4 Å². The second kappa shape index (κ2) is 27.2. The first kappa shape index (κ1) is 54.6. The van der Waals surface area contributed by atoms with Crippen LogP contribution in [0, 0.1) is 0 Å². The van der Waals surface area contributed by atoms with Crippen LogP contribution in [0.15, 0.2) is 0 Å².